The first-order valence-electron chi connectivity index (χ1n) is 14.7. The number of carbonyl (C=O) groups is 4. The van der Waals surface area contributed by atoms with Crippen molar-refractivity contribution in [3.8, 4) is 5.75 Å². The monoisotopic (exact) mass is 624 g/mol. The number of morpholine rings is 1. The van der Waals surface area contributed by atoms with Crippen molar-refractivity contribution >= 4 is 23.5 Å². The van der Waals surface area contributed by atoms with Crippen LogP contribution in [-0.4, -0.2) is 92.9 Å². The third-order valence-electron chi connectivity index (χ3n) is 7.88. The van der Waals surface area contributed by atoms with Crippen LogP contribution in [0.15, 0.2) is 35.9 Å². The van der Waals surface area contributed by atoms with Crippen molar-refractivity contribution in [3.63, 3.8) is 0 Å². The molecule has 2 heterocycles. The second kappa shape index (κ2) is 14.5. The number of allylic oxidation sites excluding steroid dienone is 1. The van der Waals surface area contributed by atoms with E-state index in [0.29, 0.717) is 24.5 Å². The van der Waals surface area contributed by atoms with Gasteiger partial charge in [0.1, 0.15) is 17.4 Å². The van der Waals surface area contributed by atoms with Crippen molar-refractivity contribution in [1.82, 2.24) is 21.3 Å². The number of ether oxygens (including phenoxy) is 3. The molecule has 2 aliphatic heterocycles. The number of alkyl halides is 3. The van der Waals surface area contributed by atoms with Crippen LogP contribution in [0.4, 0.5) is 13.2 Å². The second-order valence-corrected chi connectivity index (χ2v) is 11.5. The van der Waals surface area contributed by atoms with Gasteiger partial charge in [0.15, 0.2) is 5.78 Å². The molecular weight excluding hydrogens is 585 g/mol. The first-order valence-corrected chi connectivity index (χ1v) is 14.7. The predicted octanol–water partition coefficient (Wildman–Crippen LogP) is 1.49. The molecule has 0 spiro atoms. The zero-order chi connectivity index (χ0) is 31.9. The molecule has 14 heteroatoms. The number of methoxy groups -OCH3 is 1. The topological polar surface area (TPSA) is 147 Å². The Kier molecular flexibility index (Phi) is 11.0. The van der Waals surface area contributed by atoms with Crippen LogP contribution in [0.5, 0.6) is 5.75 Å². The minimum atomic E-state index is -5.15. The lowest BCUT2D eigenvalue weighted by atomic mass is 9.94. The number of ketones is 1. The second-order valence-electron chi connectivity index (χ2n) is 11.5. The first-order chi connectivity index (χ1) is 20.9. The van der Waals surface area contributed by atoms with Crippen LogP contribution >= 0.6 is 0 Å². The summed E-state index contributed by atoms with van der Waals surface area (Å²) in [5.74, 6) is -3.32. The molecule has 4 rings (SSSR count). The number of nitrogens with one attached hydrogen (secondary N) is 4. The number of amides is 3. The SMILES string of the molecule is COc1ccc(C[C@H](NC(=O)C(NC(=O)CC2CNCCO2)C(F)(F)F)C(=O)N[C@@H](CC2=CCCC2)C(=O)[C@@]2(C)CO2)cc1. The molecule has 0 radical (unpaired) electrons. The van der Waals surface area contributed by atoms with Crippen LogP contribution in [0.2, 0.25) is 0 Å². The highest BCUT2D eigenvalue weighted by molar-refractivity contribution is 5.98. The molecule has 3 amide bonds. The number of rotatable bonds is 14. The minimum absolute atomic E-state index is 0.193. The van der Waals surface area contributed by atoms with E-state index in [0.717, 1.165) is 24.8 Å². The Morgan fingerprint density at radius 1 is 1.07 bits per heavy atom. The van der Waals surface area contributed by atoms with Crippen molar-refractivity contribution in [2.24, 2.45) is 0 Å². The van der Waals surface area contributed by atoms with Gasteiger partial charge in [-0.15, -0.1) is 0 Å². The van der Waals surface area contributed by atoms with E-state index in [9.17, 15) is 32.3 Å². The van der Waals surface area contributed by atoms with Crippen molar-refractivity contribution < 1.29 is 46.6 Å². The fourth-order valence-electron chi connectivity index (χ4n) is 5.22. The van der Waals surface area contributed by atoms with E-state index in [4.69, 9.17) is 14.2 Å². The molecule has 3 aliphatic rings. The lowest BCUT2D eigenvalue weighted by molar-refractivity contribution is -0.173. The normalized spacial score (nSPS) is 23.5. The van der Waals surface area contributed by atoms with Gasteiger partial charge in [-0.05, 0) is 50.3 Å². The smallest absolute Gasteiger partial charge is 0.417 e. The molecule has 5 atom stereocenters. The molecule has 0 saturated carbocycles. The molecule has 1 aromatic carbocycles. The van der Waals surface area contributed by atoms with Gasteiger partial charge in [-0.3, -0.25) is 19.2 Å². The van der Waals surface area contributed by atoms with E-state index >= 15 is 0 Å². The third-order valence-corrected chi connectivity index (χ3v) is 7.88. The Labute approximate surface area is 253 Å². The van der Waals surface area contributed by atoms with Crippen LogP contribution in [-0.2, 0) is 35.1 Å². The van der Waals surface area contributed by atoms with Gasteiger partial charge in [0.2, 0.25) is 17.9 Å². The molecule has 2 fully saturated rings. The third kappa shape index (κ3) is 9.26. The molecule has 44 heavy (non-hydrogen) atoms. The van der Waals surface area contributed by atoms with Gasteiger partial charge in [0.25, 0.3) is 5.91 Å². The van der Waals surface area contributed by atoms with Gasteiger partial charge in [-0.1, -0.05) is 23.8 Å². The molecule has 1 aliphatic carbocycles. The van der Waals surface area contributed by atoms with Crippen LogP contribution < -0.4 is 26.0 Å². The van der Waals surface area contributed by atoms with Gasteiger partial charge in [-0.2, -0.15) is 13.2 Å². The molecule has 2 saturated heterocycles. The quantitative estimate of drug-likeness (QED) is 0.180. The van der Waals surface area contributed by atoms with Gasteiger partial charge in [0.05, 0.1) is 38.9 Å². The van der Waals surface area contributed by atoms with Gasteiger partial charge in [0, 0.05) is 19.5 Å². The summed E-state index contributed by atoms with van der Waals surface area (Å²) in [6, 6.07) is 1.00. The summed E-state index contributed by atoms with van der Waals surface area (Å²) in [5.41, 5.74) is 0.440. The van der Waals surface area contributed by atoms with Crippen molar-refractivity contribution in [3.05, 3.63) is 41.5 Å². The van der Waals surface area contributed by atoms with Gasteiger partial charge >= 0.3 is 6.18 Å². The Morgan fingerprint density at radius 3 is 2.34 bits per heavy atom. The van der Waals surface area contributed by atoms with E-state index in [1.165, 1.54) is 7.11 Å². The molecule has 4 N–H and O–H groups in total. The lowest BCUT2D eigenvalue weighted by Gasteiger charge is -2.28. The average molecular weight is 625 g/mol. The van der Waals surface area contributed by atoms with E-state index in [-0.39, 0.29) is 38.2 Å². The van der Waals surface area contributed by atoms with Gasteiger partial charge < -0.3 is 35.5 Å². The highest BCUT2D eigenvalue weighted by Crippen LogP contribution is 2.31. The lowest BCUT2D eigenvalue weighted by Crippen LogP contribution is -2.60. The van der Waals surface area contributed by atoms with E-state index in [1.54, 1.807) is 36.5 Å². The van der Waals surface area contributed by atoms with E-state index < -0.39 is 53.7 Å². The van der Waals surface area contributed by atoms with E-state index in [2.05, 4.69) is 16.0 Å². The number of halogens is 3. The molecule has 1 aromatic rings. The summed E-state index contributed by atoms with van der Waals surface area (Å²) in [7, 11) is 1.47. The number of epoxide rings is 1. The zero-order valence-corrected chi connectivity index (χ0v) is 24.8. The molecule has 242 valence electrons. The summed E-state index contributed by atoms with van der Waals surface area (Å²) in [6.45, 7) is 2.94. The Hall–Kier alpha value is -3.49. The number of hydrogen-bond donors (Lipinski definition) is 4. The fourth-order valence-corrected chi connectivity index (χ4v) is 5.22. The molecule has 0 aromatic heterocycles. The highest BCUT2D eigenvalue weighted by Gasteiger charge is 2.51. The minimum Gasteiger partial charge on any atom is -0.497 e. The van der Waals surface area contributed by atoms with Crippen molar-refractivity contribution in [2.75, 3.05) is 33.4 Å². The number of benzene rings is 1. The van der Waals surface area contributed by atoms with Gasteiger partial charge in [-0.25, -0.2) is 0 Å². The molecule has 0 bridgehead atoms. The first kappa shape index (κ1) is 33.4. The standard InChI is InChI=1S/C30H39F3N4O7/c1-29(17-44-29)26(39)22(13-18-5-3-4-6-18)35-27(40)23(14-19-7-9-20(42-2)10-8-19)36-28(41)25(30(31,32)33)37-24(38)15-21-16-34-11-12-43-21/h5,7-10,21-23,25,34H,3-4,6,11-17H2,1-2H3,(H,35,40)(H,36,41)(H,37,38)/t21?,22-,23-,25?,29+/m0/s1. The summed E-state index contributed by atoms with van der Waals surface area (Å²) < 4.78 is 58.0. The number of carbonyl (C=O) groups excluding carboxylic acids is 4. The highest BCUT2D eigenvalue weighted by atomic mass is 19.4. The Balaban J connectivity index is 1.52. The van der Waals surface area contributed by atoms with Crippen LogP contribution in [0, 0.1) is 0 Å². The van der Waals surface area contributed by atoms with Crippen molar-refractivity contribution in [1.29, 1.82) is 0 Å². The maximum absolute atomic E-state index is 14.1. The predicted molar refractivity (Wildman–Crippen MR) is 152 cm³/mol. The Bertz CT molecular complexity index is 1230. The summed E-state index contributed by atoms with van der Waals surface area (Å²) in [5, 5.41) is 9.59. The van der Waals surface area contributed by atoms with Crippen LogP contribution in [0.1, 0.15) is 44.6 Å². The number of hydrogen-bond acceptors (Lipinski definition) is 8. The fraction of sp³-hybridized carbons (Fsp3) is 0.600. The zero-order valence-electron chi connectivity index (χ0n) is 24.8. The van der Waals surface area contributed by atoms with E-state index in [1.807, 2.05) is 6.08 Å². The summed E-state index contributed by atoms with van der Waals surface area (Å²) in [4.78, 5) is 52.5. The molecule has 2 unspecified atom stereocenters. The maximum Gasteiger partial charge on any atom is 0.417 e. The average Bonchev–Trinajstić information content (AvgIpc) is 3.53. The maximum atomic E-state index is 14.1. The largest absolute Gasteiger partial charge is 0.497 e. The molecule has 11 nitrogen and oxygen atoms in total. The van der Waals surface area contributed by atoms with Crippen molar-refractivity contribution in [2.45, 2.75) is 81.5 Å². The summed E-state index contributed by atoms with van der Waals surface area (Å²) in [6.07, 6.45) is -1.62. The van der Waals surface area contributed by atoms with Crippen LogP contribution in [0.3, 0.4) is 0 Å². The molecular formula is C30H39F3N4O7. The summed E-state index contributed by atoms with van der Waals surface area (Å²) >= 11 is 0. The van der Waals surface area contributed by atoms with Crippen LogP contribution in [0.25, 0.3) is 0 Å². The number of Topliss-reactive ketones (excluding diaryl/α,β-unsaturated/α-hetero) is 1. The Morgan fingerprint density at radius 2 is 1.77 bits per heavy atom.